The van der Waals surface area contributed by atoms with Gasteiger partial charge in [-0.05, 0) is 6.07 Å². The SMILES string of the molecule is CN=C(NCC(=O)N(C)C)NC1CCOc2ccccc21. The average Bonchev–Trinajstić information content (AvgIpc) is 2.51. The van der Waals surface area contributed by atoms with E-state index in [2.05, 4.69) is 15.6 Å². The number of carbonyl (C=O) groups excluding carboxylic acids is 1. The second-order valence-corrected chi connectivity index (χ2v) is 5.09. The zero-order chi connectivity index (χ0) is 15.2. The Kier molecular flexibility index (Phi) is 5.03. The molecule has 0 radical (unpaired) electrons. The van der Waals surface area contributed by atoms with E-state index in [4.69, 9.17) is 4.74 Å². The molecule has 0 bridgehead atoms. The predicted molar refractivity (Wildman–Crippen MR) is 82.5 cm³/mol. The number of likely N-dealkylation sites (N-methyl/N-ethyl adjacent to an activating group) is 1. The molecule has 0 saturated carbocycles. The number of benzene rings is 1. The van der Waals surface area contributed by atoms with Crippen LogP contribution in [0.5, 0.6) is 5.75 Å². The summed E-state index contributed by atoms with van der Waals surface area (Å²) < 4.78 is 5.64. The summed E-state index contributed by atoms with van der Waals surface area (Å²) in [6.45, 7) is 0.889. The second kappa shape index (κ2) is 6.97. The number of ether oxygens (including phenoxy) is 1. The van der Waals surface area contributed by atoms with Crippen molar-refractivity contribution in [3.05, 3.63) is 29.8 Å². The summed E-state index contributed by atoms with van der Waals surface area (Å²) in [4.78, 5) is 17.3. The highest BCUT2D eigenvalue weighted by Crippen LogP contribution is 2.31. The van der Waals surface area contributed by atoms with Gasteiger partial charge < -0.3 is 20.3 Å². The van der Waals surface area contributed by atoms with Crippen LogP contribution >= 0.6 is 0 Å². The summed E-state index contributed by atoms with van der Waals surface area (Å²) in [6.07, 6.45) is 0.860. The third-order valence-electron chi connectivity index (χ3n) is 3.40. The molecule has 0 spiro atoms. The van der Waals surface area contributed by atoms with Crippen LogP contribution in [0.25, 0.3) is 0 Å². The van der Waals surface area contributed by atoms with Gasteiger partial charge >= 0.3 is 0 Å². The first-order valence-corrected chi connectivity index (χ1v) is 7.01. The molecule has 1 aromatic rings. The number of para-hydroxylation sites is 1. The Labute approximate surface area is 125 Å². The van der Waals surface area contributed by atoms with Crippen LogP contribution in [0.15, 0.2) is 29.3 Å². The molecule has 0 aliphatic carbocycles. The summed E-state index contributed by atoms with van der Waals surface area (Å²) in [5.74, 6) is 1.53. The van der Waals surface area contributed by atoms with Crippen molar-refractivity contribution in [3.63, 3.8) is 0 Å². The molecule has 2 rings (SSSR count). The van der Waals surface area contributed by atoms with Gasteiger partial charge in [0.15, 0.2) is 5.96 Å². The van der Waals surface area contributed by atoms with Crippen molar-refractivity contribution in [2.24, 2.45) is 4.99 Å². The summed E-state index contributed by atoms with van der Waals surface area (Å²) in [5.41, 5.74) is 1.12. The molecule has 1 aliphatic heterocycles. The molecule has 1 aromatic carbocycles. The van der Waals surface area contributed by atoms with E-state index in [1.54, 1.807) is 26.0 Å². The number of hydrogen-bond donors (Lipinski definition) is 2. The molecule has 6 nitrogen and oxygen atoms in total. The Bertz CT molecular complexity index is 528. The number of nitrogens with zero attached hydrogens (tertiary/aromatic N) is 2. The average molecular weight is 290 g/mol. The van der Waals surface area contributed by atoms with Crippen molar-refractivity contribution < 1.29 is 9.53 Å². The number of aliphatic imine (C=N–C) groups is 1. The molecule has 1 heterocycles. The van der Waals surface area contributed by atoms with Crippen molar-refractivity contribution in [3.8, 4) is 5.75 Å². The fourth-order valence-corrected chi connectivity index (χ4v) is 2.17. The van der Waals surface area contributed by atoms with E-state index in [9.17, 15) is 4.79 Å². The van der Waals surface area contributed by atoms with Gasteiger partial charge in [-0.2, -0.15) is 0 Å². The third kappa shape index (κ3) is 3.87. The number of rotatable bonds is 3. The van der Waals surface area contributed by atoms with Gasteiger partial charge in [-0.3, -0.25) is 9.79 Å². The summed E-state index contributed by atoms with van der Waals surface area (Å²) in [6, 6.07) is 8.10. The maximum absolute atomic E-state index is 11.6. The zero-order valence-electron chi connectivity index (χ0n) is 12.7. The zero-order valence-corrected chi connectivity index (χ0v) is 12.7. The Morgan fingerprint density at radius 2 is 2.19 bits per heavy atom. The van der Waals surface area contributed by atoms with E-state index in [1.807, 2.05) is 24.3 Å². The van der Waals surface area contributed by atoms with Crippen LogP contribution in [0.1, 0.15) is 18.0 Å². The van der Waals surface area contributed by atoms with Crippen LogP contribution in [0.4, 0.5) is 0 Å². The number of guanidine groups is 1. The van der Waals surface area contributed by atoms with E-state index >= 15 is 0 Å². The van der Waals surface area contributed by atoms with Crippen molar-refractivity contribution in [1.82, 2.24) is 15.5 Å². The van der Waals surface area contributed by atoms with E-state index in [1.165, 1.54) is 0 Å². The topological polar surface area (TPSA) is 66.0 Å². The molecular weight excluding hydrogens is 268 g/mol. The predicted octanol–water partition coefficient (Wildman–Crippen LogP) is 0.763. The molecule has 114 valence electrons. The Morgan fingerprint density at radius 3 is 2.90 bits per heavy atom. The monoisotopic (exact) mass is 290 g/mol. The summed E-state index contributed by atoms with van der Waals surface area (Å²) >= 11 is 0. The Morgan fingerprint density at radius 1 is 1.43 bits per heavy atom. The number of fused-ring (bicyclic) bond motifs is 1. The van der Waals surface area contributed by atoms with E-state index in [0.29, 0.717) is 12.6 Å². The first-order chi connectivity index (χ1) is 10.1. The van der Waals surface area contributed by atoms with Crippen molar-refractivity contribution in [2.45, 2.75) is 12.5 Å². The van der Waals surface area contributed by atoms with Crippen LogP contribution in [-0.2, 0) is 4.79 Å². The second-order valence-electron chi connectivity index (χ2n) is 5.09. The fourth-order valence-electron chi connectivity index (χ4n) is 2.17. The van der Waals surface area contributed by atoms with E-state index in [-0.39, 0.29) is 18.5 Å². The molecular formula is C15H22N4O2. The van der Waals surface area contributed by atoms with E-state index in [0.717, 1.165) is 17.7 Å². The number of nitrogens with one attached hydrogen (secondary N) is 2. The molecule has 1 aliphatic rings. The van der Waals surface area contributed by atoms with Crippen LogP contribution in [0.3, 0.4) is 0 Å². The molecule has 0 fully saturated rings. The minimum atomic E-state index is 0.00493. The lowest BCUT2D eigenvalue weighted by atomic mass is 10.0. The normalized spacial score (nSPS) is 17.5. The van der Waals surface area contributed by atoms with Crippen molar-refractivity contribution in [2.75, 3.05) is 34.3 Å². The molecule has 1 atom stereocenters. The molecule has 1 unspecified atom stereocenters. The number of amides is 1. The standard InChI is InChI=1S/C15H22N4O2/c1-16-15(17-10-14(20)19(2)3)18-12-8-9-21-13-7-5-4-6-11(12)13/h4-7,12H,8-10H2,1-3H3,(H2,16,17,18). The van der Waals surface area contributed by atoms with E-state index < -0.39 is 0 Å². The Balaban J connectivity index is 1.99. The lowest BCUT2D eigenvalue weighted by Gasteiger charge is -2.28. The van der Waals surface area contributed by atoms with Crippen LogP contribution in [0.2, 0.25) is 0 Å². The largest absolute Gasteiger partial charge is 0.493 e. The lowest BCUT2D eigenvalue weighted by molar-refractivity contribution is -0.127. The van der Waals surface area contributed by atoms with Gasteiger partial charge in [0.2, 0.25) is 5.91 Å². The highest BCUT2D eigenvalue weighted by molar-refractivity contribution is 5.86. The van der Waals surface area contributed by atoms with Crippen molar-refractivity contribution in [1.29, 1.82) is 0 Å². The fraction of sp³-hybridized carbons (Fsp3) is 0.467. The molecule has 2 N–H and O–H groups in total. The van der Waals surface area contributed by atoms with Crippen LogP contribution in [0, 0.1) is 0 Å². The minimum absolute atomic E-state index is 0.00493. The smallest absolute Gasteiger partial charge is 0.241 e. The Hall–Kier alpha value is -2.24. The van der Waals surface area contributed by atoms with Gasteiger partial charge in [0.25, 0.3) is 0 Å². The van der Waals surface area contributed by atoms with Crippen LogP contribution in [-0.4, -0.2) is 51.1 Å². The molecule has 21 heavy (non-hydrogen) atoms. The molecule has 0 aromatic heterocycles. The lowest BCUT2D eigenvalue weighted by Crippen LogP contribution is -2.44. The van der Waals surface area contributed by atoms with Gasteiger partial charge in [-0.15, -0.1) is 0 Å². The summed E-state index contributed by atoms with van der Waals surface area (Å²) in [7, 11) is 5.16. The van der Waals surface area contributed by atoms with Gasteiger partial charge in [0.05, 0.1) is 19.2 Å². The summed E-state index contributed by atoms with van der Waals surface area (Å²) in [5, 5.41) is 6.38. The number of carbonyl (C=O) groups is 1. The molecule has 6 heteroatoms. The minimum Gasteiger partial charge on any atom is -0.493 e. The quantitative estimate of drug-likeness (QED) is 0.637. The highest BCUT2D eigenvalue weighted by atomic mass is 16.5. The van der Waals surface area contributed by atoms with Gasteiger partial charge in [-0.25, -0.2) is 0 Å². The first kappa shape index (κ1) is 15.2. The number of hydrogen-bond acceptors (Lipinski definition) is 3. The molecule has 0 saturated heterocycles. The van der Waals surface area contributed by atoms with Crippen LogP contribution < -0.4 is 15.4 Å². The van der Waals surface area contributed by atoms with Gasteiger partial charge in [0.1, 0.15) is 5.75 Å². The van der Waals surface area contributed by atoms with Crippen molar-refractivity contribution >= 4 is 11.9 Å². The highest BCUT2D eigenvalue weighted by Gasteiger charge is 2.21. The molecule has 1 amide bonds. The first-order valence-electron chi connectivity index (χ1n) is 7.01. The maximum Gasteiger partial charge on any atom is 0.241 e. The van der Waals surface area contributed by atoms with Gasteiger partial charge in [-0.1, -0.05) is 18.2 Å². The maximum atomic E-state index is 11.6. The van der Waals surface area contributed by atoms with Gasteiger partial charge in [0, 0.05) is 33.1 Å². The third-order valence-corrected chi connectivity index (χ3v) is 3.40.